The van der Waals surface area contributed by atoms with E-state index in [0.717, 1.165) is 19.4 Å². The van der Waals surface area contributed by atoms with Crippen molar-refractivity contribution in [3.63, 3.8) is 0 Å². The van der Waals surface area contributed by atoms with Crippen molar-refractivity contribution < 1.29 is 42.6 Å². The number of esters is 3. The van der Waals surface area contributed by atoms with Gasteiger partial charge in [-0.15, -0.1) is 6.42 Å². The minimum atomic E-state index is -1.06. The van der Waals surface area contributed by atoms with Crippen LogP contribution >= 0.6 is 0 Å². The molecule has 5 atom stereocenters. The Hall–Kier alpha value is -2.15. The normalized spacial score (nSPS) is 24.0. The Bertz CT molecular complexity index is 732. The maximum atomic E-state index is 12.5. The first-order valence-electron chi connectivity index (χ1n) is 13.2. The van der Waals surface area contributed by atoms with Crippen molar-refractivity contribution in [2.24, 2.45) is 0 Å². The zero-order valence-electron chi connectivity index (χ0n) is 23.0. The van der Waals surface area contributed by atoms with Crippen LogP contribution in [0.15, 0.2) is 0 Å². The lowest BCUT2D eigenvalue weighted by molar-refractivity contribution is -0.883. The Balaban J connectivity index is 3.04. The van der Waals surface area contributed by atoms with Crippen molar-refractivity contribution in [3.05, 3.63) is 0 Å². The summed E-state index contributed by atoms with van der Waals surface area (Å²) in [7, 11) is 4.15. The van der Waals surface area contributed by atoms with Gasteiger partial charge in [-0.3, -0.25) is 14.4 Å². The summed E-state index contributed by atoms with van der Waals surface area (Å²) in [6, 6.07) is 0. The summed E-state index contributed by atoms with van der Waals surface area (Å²) in [5, 5.41) is 0. The van der Waals surface area contributed by atoms with Crippen LogP contribution in [0, 0.1) is 12.3 Å². The predicted octanol–water partition coefficient (Wildman–Crippen LogP) is 3.37. The van der Waals surface area contributed by atoms with E-state index in [2.05, 4.69) is 20.0 Å². The summed E-state index contributed by atoms with van der Waals surface area (Å²) in [4.78, 5) is 37.3. The molecule has 36 heavy (non-hydrogen) atoms. The summed E-state index contributed by atoms with van der Waals surface area (Å²) in [6.45, 7) is 9.20. The molecule has 1 rings (SSSR count). The number of terminal acetylenes is 1. The number of rotatable bonds is 16. The number of hydrogen-bond acceptors (Lipinski definition) is 8. The molecule has 0 unspecified atom stereocenters. The third-order valence-corrected chi connectivity index (χ3v) is 5.85. The van der Waals surface area contributed by atoms with Crippen LogP contribution in [0.25, 0.3) is 0 Å². The first kappa shape index (κ1) is 31.9. The molecule has 206 valence electrons. The molecule has 1 aliphatic heterocycles. The molecule has 0 radical (unpaired) electrons. The molecule has 0 aliphatic carbocycles. The highest BCUT2D eigenvalue weighted by atomic mass is 16.7. The molecule has 1 heterocycles. The highest BCUT2D eigenvalue weighted by Gasteiger charge is 2.51. The summed E-state index contributed by atoms with van der Waals surface area (Å²) in [6.07, 6.45) is 4.83. The van der Waals surface area contributed by atoms with E-state index in [1.54, 1.807) is 6.92 Å². The average Bonchev–Trinajstić information content (AvgIpc) is 2.78. The van der Waals surface area contributed by atoms with E-state index in [9.17, 15) is 14.4 Å². The number of carbonyl (C=O) groups is 3. The van der Waals surface area contributed by atoms with Crippen LogP contribution in [0.4, 0.5) is 0 Å². The van der Waals surface area contributed by atoms with Gasteiger partial charge in [-0.25, -0.2) is 0 Å². The van der Waals surface area contributed by atoms with E-state index in [-0.39, 0.29) is 19.3 Å². The molecule has 0 aromatic rings. The Labute approximate surface area is 216 Å². The summed E-state index contributed by atoms with van der Waals surface area (Å²) < 4.78 is 29.9. The van der Waals surface area contributed by atoms with Crippen LogP contribution in [0.2, 0.25) is 0 Å². The minimum Gasteiger partial charge on any atom is -0.455 e. The van der Waals surface area contributed by atoms with E-state index in [0.29, 0.717) is 36.9 Å². The summed E-state index contributed by atoms with van der Waals surface area (Å²) >= 11 is 0. The first-order chi connectivity index (χ1) is 17.1. The largest absolute Gasteiger partial charge is 0.455 e. The fourth-order valence-electron chi connectivity index (χ4n) is 3.94. The maximum absolute atomic E-state index is 12.5. The topological polar surface area (TPSA) is 97.4 Å². The molecule has 0 N–H and O–H groups in total. The van der Waals surface area contributed by atoms with Crippen molar-refractivity contribution in [2.75, 3.05) is 33.8 Å². The monoisotopic (exact) mass is 512 g/mol. The third-order valence-electron chi connectivity index (χ3n) is 5.85. The zero-order chi connectivity index (χ0) is 27.1. The molecule has 1 saturated heterocycles. The lowest BCUT2D eigenvalue weighted by atomic mass is 9.98. The standard InChI is InChI=1S/C27H46NO8/c1-8-14-21(29)34-24-20(5)33-27(32-19-13-12-18-28(6,7)17-11-4)26(36-23(31)16-10-3)25(24)35-22(30)15-9-2/h4,20,24-27H,8-10,12-19H2,1-3,5-7H3/q+1/t20-,24+,25+,26-,27+/m0/s1. The molecular weight excluding hydrogens is 466 g/mol. The number of quaternary nitrogens is 1. The number of nitrogens with zero attached hydrogens (tertiary/aromatic N) is 1. The number of unbranched alkanes of at least 4 members (excludes halogenated alkanes) is 1. The molecule has 0 spiro atoms. The smallest absolute Gasteiger partial charge is 0.306 e. The number of ether oxygens (including phenoxy) is 5. The first-order valence-corrected chi connectivity index (χ1v) is 13.2. The number of carbonyl (C=O) groups excluding carboxylic acids is 3. The lowest BCUT2D eigenvalue weighted by Gasteiger charge is -2.43. The third kappa shape index (κ3) is 11.3. The second kappa shape index (κ2) is 16.6. The van der Waals surface area contributed by atoms with Crippen LogP contribution in [-0.2, 0) is 38.1 Å². The van der Waals surface area contributed by atoms with Gasteiger partial charge in [-0.05, 0) is 44.9 Å². The fourth-order valence-corrected chi connectivity index (χ4v) is 3.94. The Morgan fingerprint density at radius 1 is 0.833 bits per heavy atom. The average molecular weight is 513 g/mol. The van der Waals surface area contributed by atoms with E-state index in [1.807, 2.05) is 20.8 Å². The lowest BCUT2D eigenvalue weighted by Crippen LogP contribution is -2.61. The Morgan fingerprint density at radius 2 is 1.33 bits per heavy atom. The molecule has 0 saturated carbocycles. The van der Waals surface area contributed by atoms with Crippen LogP contribution in [0.5, 0.6) is 0 Å². The quantitative estimate of drug-likeness (QED) is 0.102. The molecule has 0 bridgehead atoms. The SMILES string of the molecule is C#CC[N+](C)(C)CCCCO[C@@H]1O[C@@H](C)[C@@H](OC(=O)CCC)[C@@H](OC(=O)CCC)[C@@H]1OC(=O)CCC. The Morgan fingerprint density at radius 3 is 1.83 bits per heavy atom. The molecule has 1 aliphatic rings. The molecule has 1 fully saturated rings. The van der Waals surface area contributed by atoms with Gasteiger partial charge in [0, 0.05) is 19.3 Å². The van der Waals surface area contributed by atoms with Gasteiger partial charge in [0.15, 0.2) is 24.6 Å². The van der Waals surface area contributed by atoms with E-state index >= 15 is 0 Å². The maximum Gasteiger partial charge on any atom is 0.306 e. The van der Waals surface area contributed by atoms with Gasteiger partial charge < -0.3 is 28.2 Å². The second-order valence-electron chi connectivity index (χ2n) is 9.92. The van der Waals surface area contributed by atoms with Gasteiger partial charge in [0.1, 0.15) is 6.54 Å². The van der Waals surface area contributed by atoms with E-state index < -0.39 is 48.6 Å². The molecule has 9 nitrogen and oxygen atoms in total. The van der Waals surface area contributed by atoms with E-state index in [4.69, 9.17) is 30.1 Å². The van der Waals surface area contributed by atoms with E-state index in [1.165, 1.54) is 0 Å². The molecule has 0 aromatic carbocycles. The van der Waals surface area contributed by atoms with Crippen molar-refractivity contribution >= 4 is 17.9 Å². The van der Waals surface area contributed by atoms with Gasteiger partial charge in [0.2, 0.25) is 0 Å². The van der Waals surface area contributed by atoms with Crippen LogP contribution < -0.4 is 0 Å². The summed E-state index contributed by atoms with van der Waals surface area (Å²) in [5.41, 5.74) is 0. The second-order valence-corrected chi connectivity index (χ2v) is 9.92. The van der Waals surface area contributed by atoms with Crippen LogP contribution in [0.1, 0.15) is 79.1 Å². The van der Waals surface area contributed by atoms with Crippen LogP contribution in [-0.4, -0.2) is 86.9 Å². The van der Waals surface area contributed by atoms with Crippen molar-refractivity contribution in [1.82, 2.24) is 0 Å². The van der Waals surface area contributed by atoms with Gasteiger partial charge in [0.05, 0.1) is 33.4 Å². The highest BCUT2D eigenvalue weighted by molar-refractivity contribution is 5.71. The molecule has 0 aromatic heterocycles. The van der Waals surface area contributed by atoms with Crippen molar-refractivity contribution in [1.29, 1.82) is 0 Å². The number of hydrogen-bond donors (Lipinski definition) is 0. The highest BCUT2D eigenvalue weighted by Crippen LogP contribution is 2.30. The fraction of sp³-hybridized carbons (Fsp3) is 0.815. The Kier molecular flexibility index (Phi) is 14.7. The predicted molar refractivity (Wildman–Crippen MR) is 135 cm³/mol. The summed E-state index contributed by atoms with van der Waals surface area (Å²) in [5.74, 6) is 1.34. The van der Waals surface area contributed by atoms with Crippen LogP contribution in [0.3, 0.4) is 0 Å². The zero-order valence-corrected chi connectivity index (χ0v) is 23.0. The van der Waals surface area contributed by atoms with Crippen molar-refractivity contribution in [3.8, 4) is 12.3 Å². The van der Waals surface area contributed by atoms with Gasteiger partial charge in [-0.1, -0.05) is 20.8 Å². The molecule has 9 heteroatoms. The van der Waals surface area contributed by atoms with Gasteiger partial charge in [0.25, 0.3) is 0 Å². The molecule has 0 amide bonds. The minimum absolute atomic E-state index is 0.189. The molecular formula is C27H46NO8+. The van der Waals surface area contributed by atoms with Gasteiger partial charge >= 0.3 is 17.9 Å². The van der Waals surface area contributed by atoms with Crippen molar-refractivity contribution in [2.45, 2.75) is 110 Å². The van der Waals surface area contributed by atoms with Gasteiger partial charge in [-0.2, -0.15) is 0 Å².